The second-order valence-electron chi connectivity index (χ2n) is 8.79. The molecule has 0 spiro atoms. The van der Waals surface area contributed by atoms with Gasteiger partial charge in [0.1, 0.15) is 12.3 Å². The Labute approximate surface area is 160 Å². The van der Waals surface area contributed by atoms with Gasteiger partial charge in [0.25, 0.3) is 5.91 Å². The quantitative estimate of drug-likeness (QED) is 0.366. The van der Waals surface area contributed by atoms with Crippen LogP contribution in [0.15, 0.2) is 4.99 Å². The summed E-state index contributed by atoms with van der Waals surface area (Å²) < 4.78 is 13.4. The third-order valence-electron chi connectivity index (χ3n) is 5.23. The van der Waals surface area contributed by atoms with Crippen LogP contribution in [0.4, 0.5) is 4.39 Å². The Bertz CT molecular complexity index is 538. The smallest absolute Gasteiger partial charge is 0.257 e. The summed E-state index contributed by atoms with van der Waals surface area (Å²) in [6.45, 7) is 6.71. The summed E-state index contributed by atoms with van der Waals surface area (Å²) in [5, 5.41) is 6.12. The van der Waals surface area contributed by atoms with Gasteiger partial charge in [-0.05, 0) is 58.8 Å². The summed E-state index contributed by atoms with van der Waals surface area (Å²) in [4.78, 5) is 22.3. The van der Waals surface area contributed by atoms with Gasteiger partial charge in [-0.25, -0.2) is 20.3 Å². The maximum absolute atomic E-state index is 13.4. The second kappa shape index (κ2) is 8.81. The molecule has 9 heteroatoms. The molecule has 2 heterocycles. The van der Waals surface area contributed by atoms with Crippen LogP contribution in [0.2, 0.25) is 0 Å². The fourth-order valence-electron chi connectivity index (χ4n) is 3.83. The number of hydrogen-bond donors (Lipinski definition) is 5. The van der Waals surface area contributed by atoms with Crippen molar-refractivity contribution in [3.05, 3.63) is 0 Å². The Kier molecular flexibility index (Phi) is 6.67. The molecule has 2 saturated heterocycles. The number of hydrogen-bond acceptors (Lipinski definition) is 6. The molecular weight excluding hydrogens is 351 g/mol. The van der Waals surface area contributed by atoms with E-state index in [0.29, 0.717) is 37.7 Å². The van der Waals surface area contributed by atoms with E-state index >= 15 is 0 Å². The standard InChI is InChI=1S/C18H33FN6O2/c1-18(2,3)23-17(22-16(26)14-8-9-20-27-14)21-15-10-13(24-25-15)11-4-6-12(19)7-5-11/h11-15,20,24-25H,4-10H2,1-3H3,(H2,21,22,23,26). The van der Waals surface area contributed by atoms with Crippen molar-refractivity contribution < 1.29 is 14.0 Å². The number of halogens is 1. The van der Waals surface area contributed by atoms with Crippen LogP contribution in [0, 0.1) is 5.92 Å². The largest absolute Gasteiger partial charge is 0.351 e. The number of nitrogens with one attached hydrogen (secondary N) is 5. The van der Waals surface area contributed by atoms with Gasteiger partial charge in [0, 0.05) is 24.5 Å². The minimum Gasteiger partial charge on any atom is -0.351 e. The van der Waals surface area contributed by atoms with Crippen LogP contribution in [0.5, 0.6) is 0 Å². The molecule has 2 aliphatic heterocycles. The second-order valence-corrected chi connectivity index (χ2v) is 8.79. The first-order valence-corrected chi connectivity index (χ1v) is 10.0. The molecule has 3 fully saturated rings. The van der Waals surface area contributed by atoms with E-state index in [2.05, 4.69) is 32.0 Å². The fourth-order valence-corrected chi connectivity index (χ4v) is 3.83. The normalized spacial score (nSPS) is 35.3. The van der Waals surface area contributed by atoms with Crippen molar-refractivity contribution in [2.24, 2.45) is 10.9 Å². The van der Waals surface area contributed by atoms with Crippen molar-refractivity contribution in [1.82, 2.24) is 27.0 Å². The lowest BCUT2D eigenvalue weighted by molar-refractivity contribution is -0.131. The molecule has 1 amide bonds. The number of carbonyl (C=O) groups is 1. The number of hydrazine groups is 1. The molecule has 0 aromatic carbocycles. The van der Waals surface area contributed by atoms with Gasteiger partial charge in [0.2, 0.25) is 0 Å². The van der Waals surface area contributed by atoms with Crippen LogP contribution in [0.3, 0.4) is 0 Å². The lowest BCUT2D eigenvalue weighted by Crippen LogP contribution is -2.52. The van der Waals surface area contributed by atoms with Crippen molar-refractivity contribution in [2.75, 3.05) is 6.54 Å². The molecule has 27 heavy (non-hydrogen) atoms. The van der Waals surface area contributed by atoms with Gasteiger partial charge < -0.3 is 5.32 Å². The number of alkyl halides is 1. The number of carbonyl (C=O) groups excluding carboxylic acids is 1. The summed E-state index contributed by atoms with van der Waals surface area (Å²) in [6, 6.07) is 0.278. The first-order valence-electron chi connectivity index (χ1n) is 10.0. The van der Waals surface area contributed by atoms with E-state index in [1.807, 2.05) is 20.8 Å². The van der Waals surface area contributed by atoms with Crippen LogP contribution >= 0.6 is 0 Å². The number of nitrogens with zero attached hydrogens (tertiary/aromatic N) is 1. The maximum Gasteiger partial charge on any atom is 0.257 e. The van der Waals surface area contributed by atoms with Crippen molar-refractivity contribution in [3.8, 4) is 0 Å². The third-order valence-corrected chi connectivity index (χ3v) is 5.23. The lowest BCUT2D eigenvalue weighted by atomic mass is 9.82. The van der Waals surface area contributed by atoms with E-state index in [4.69, 9.17) is 4.84 Å². The molecule has 0 bridgehead atoms. The maximum atomic E-state index is 13.4. The zero-order valence-electron chi connectivity index (χ0n) is 16.5. The van der Waals surface area contributed by atoms with Crippen LogP contribution in [-0.2, 0) is 9.63 Å². The van der Waals surface area contributed by atoms with Gasteiger partial charge in [-0.15, -0.1) is 0 Å². The number of amides is 1. The average molecular weight is 385 g/mol. The molecule has 3 atom stereocenters. The van der Waals surface area contributed by atoms with Crippen molar-refractivity contribution >= 4 is 11.9 Å². The first-order chi connectivity index (χ1) is 12.8. The van der Waals surface area contributed by atoms with Crippen LogP contribution in [0.1, 0.15) is 59.3 Å². The molecule has 154 valence electrons. The number of rotatable bonds is 3. The van der Waals surface area contributed by atoms with Gasteiger partial charge in [-0.2, -0.15) is 0 Å². The van der Waals surface area contributed by atoms with Crippen LogP contribution in [-0.4, -0.2) is 48.4 Å². The van der Waals surface area contributed by atoms with Crippen LogP contribution in [0.25, 0.3) is 0 Å². The lowest BCUT2D eigenvalue weighted by Gasteiger charge is -2.28. The number of guanidine groups is 1. The van der Waals surface area contributed by atoms with Gasteiger partial charge in [0.15, 0.2) is 12.1 Å². The summed E-state index contributed by atoms with van der Waals surface area (Å²) in [5.74, 6) is 0.700. The zero-order valence-corrected chi connectivity index (χ0v) is 16.5. The molecular formula is C18H33FN6O2. The minimum absolute atomic E-state index is 0.147. The molecule has 3 unspecified atom stereocenters. The molecule has 5 N–H and O–H groups in total. The topological polar surface area (TPSA) is 98.8 Å². The monoisotopic (exact) mass is 384 g/mol. The van der Waals surface area contributed by atoms with Gasteiger partial charge in [-0.3, -0.25) is 20.4 Å². The molecule has 0 aromatic heterocycles. The molecule has 8 nitrogen and oxygen atoms in total. The molecule has 3 rings (SSSR count). The Balaban J connectivity index is 1.59. The third kappa shape index (κ3) is 6.10. The fraction of sp³-hybridized carbons (Fsp3) is 0.889. The predicted octanol–water partition coefficient (Wildman–Crippen LogP) is 0.861. The van der Waals surface area contributed by atoms with Crippen molar-refractivity contribution in [1.29, 1.82) is 0 Å². The molecule has 1 saturated carbocycles. The minimum atomic E-state index is -0.644. The highest BCUT2D eigenvalue weighted by molar-refractivity contribution is 5.99. The Morgan fingerprint density at radius 1 is 1.15 bits per heavy atom. The zero-order chi connectivity index (χ0) is 19.4. The van der Waals surface area contributed by atoms with E-state index in [9.17, 15) is 9.18 Å². The summed E-state index contributed by atoms with van der Waals surface area (Å²) in [7, 11) is 0. The van der Waals surface area contributed by atoms with Gasteiger partial charge >= 0.3 is 0 Å². The SMILES string of the molecule is CC(C)(C)N/C(=N\C1CC(C2CCC(F)CC2)NN1)NC(=O)C1CCNO1. The highest BCUT2D eigenvalue weighted by Gasteiger charge is 2.34. The summed E-state index contributed by atoms with van der Waals surface area (Å²) in [6.07, 6.45) is 3.28. The van der Waals surface area contributed by atoms with Gasteiger partial charge in [-0.1, -0.05) is 0 Å². The van der Waals surface area contributed by atoms with E-state index in [0.717, 1.165) is 19.3 Å². The van der Waals surface area contributed by atoms with E-state index in [1.165, 1.54) is 0 Å². The molecule has 0 radical (unpaired) electrons. The van der Waals surface area contributed by atoms with E-state index in [-0.39, 0.29) is 23.7 Å². The van der Waals surface area contributed by atoms with E-state index in [1.54, 1.807) is 0 Å². The first kappa shape index (κ1) is 20.4. The average Bonchev–Trinajstić information content (AvgIpc) is 3.25. The number of hydroxylamine groups is 1. The summed E-state index contributed by atoms with van der Waals surface area (Å²) >= 11 is 0. The molecule has 3 aliphatic rings. The van der Waals surface area contributed by atoms with Crippen molar-refractivity contribution in [3.63, 3.8) is 0 Å². The Morgan fingerprint density at radius 3 is 2.52 bits per heavy atom. The Morgan fingerprint density at radius 2 is 1.89 bits per heavy atom. The molecule has 1 aliphatic carbocycles. The highest BCUT2D eigenvalue weighted by Crippen LogP contribution is 2.31. The highest BCUT2D eigenvalue weighted by atomic mass is 19.1. The van der Waals surface area contributed by atoms with E-state index < -0.39 is 12.3 Å². The molecule has 0 aromatic rings. The Hall–Kier alpha value is -1.29. The predicted molar refractivity (Wildman–Crippen MR) is 101 cm³/mol. The summed E-state index contributed by atoms with van der Waals surface area (Å²) in [5.41, 5.74) is 9.00. The van der Waals surface area contributed by atoms with Crippen LogP contribution < -0.4 is 27.0 Å². The van der Waals surface area contributed by atoms with Crippen molar-refractivity contribution in [2.45, 2.75) is 89.3 Å². The number of aliphatic imine (C=N–C) groups is 1. The van der Waals surface area contributed by atoms with Gasteiger partial charge in [0.05, 0.1) is 0 Å².